The summed E-state index contributed by atoms with van der Waals surface area (Å²) in [5.74, 6) is 0. The van der Waals surface area contributed by atoms with Gasteiger partial charge in [0.15, 0.2) is 0 Å². The van der Waals surface area contributed by atoms with Gasteiger partial charge < -0.3 is 14.0 Å². The molecule has 0 radical (unpaired) electrons. The van der Waals surface area contributed by atoms with E-state index in [0.717, 1.165) is 0 Å². The minimum atomic E-state index is -0.719. The average Bonchev–Trinajstić information content (AvgIpc) is 2.17. The molecule has 0 aliphatic rings. The van der Waals surface area contributed by atoms with Gasteiger partial charge in [0, 0.05) is 0 Å². The Hall–Kier alpha value is -1.32. The summed E-state index contributed by atoms with van der Waals surface area (Å²) >= 11 is 0. The molecule has 0 aromatic carbocycles. The van der Waals surface area contributed by atoms with Crippen LogP contribution in [0.1, 0.15) is 20.8 Å². The van der Waals surface area contributed by atoms with Crippen LogP contribution in [-0.2, 0) is 14.0 Å². The van der Waals surface area contributed by atoms with Gasteiger partial charge in [-0.2, -0.15) is 0 Å². The van der Waals surface area contributed by atoms with Crippen LogP contribution < -0.4 is 0 Å². The molecular formula is C9H15BO3. The normalized spacial score (nSPS) is 11.3. The third kappa shape index (κ3) is 7.06. The minimum Gasteiger partial charge on any atom is -0.497 e. The van der Waals surface area contributed by atoms with Crippen LogP contribution in [0.5, 0.6) is 0 Å². The van der Waals surface area contributed by atoms with E-state index in [9.17, 15) is 0 Å². The lowest BCUT2D eigenvalue weighted by Gasteiger charge is -2.07. The maximum Gasteiger partial charge on any atom is 0.862 e. The molecule has 0 saturated carbocycles. The SMILES string of the molecule is C/C=C/OB(O/C=C/C)O/C=C/C. The van der Waals surface area contributed by atoms with Gasteiger partial charge in [0.1, 0.15) is 0 Å². The van der Waals surface area contributed by atoms with Crippen molar-refractivity contribution in [2.75, 3.05) is 0 Å². The second kappa shape index (κ2) is 8.78. The van der Waals surface area contributed by atoms with E-state index in [1.807, 2.05) is 20.8 Å². The predicted molar refractivity (Wildman–Crippen MR) is 53.5 cm³/mol. The molecule has 13 heavy (non-hydrogen) atoms. The summed E-state index contributed by atoms with van der Waals surface area (Å²) < 4.78 is 15.2. The molecular weight excluding hydrogens is 167 g/mol. The highest BCUT2D eigenvalue weighted by Crippen LogP contribution is 1.95. The molecule has 72 valence electrons. The van der Waals surface area contributed by atoms with Gasteiger partial charge >= 0.3 is 7.32 Å². The lowest BCUT2D eigenvalue weighted by atomic mass is 10.2. The zero-order valence-corrected chi connectivity index (χ0v) is 8.27. The van der Waals surface area contributed by atoms with E-state index in [0.29, 0.717) is 0 Å². The standard InChI is InChI=1S/C9H15BO3/c1-4-7-11-10(12-8-5-2)13-9-6-3/h4-9H,1-3H3/b7-4+,8-5+,9-6+. The molecule has 4 heteroatoms. The van der Waals surface area contributed by atoms with Gasteiger partial charge in [-0.25, -0.2) is 0 Å². The van der Waals surface area contributed by atoms with Crippen LogP contribution in [0.25, 0.3) is 0 Å². The molecule has 0 rings (SSSR count). The maximum absolute atomic E-state index is 5.07. The highest BCUT2D eigenvalue weighted by atomic mass is 16.7. The summed E-state index contributed by atoms with van der Waals surface area (Å²) in [6.07, 6.45) is 9.80. The van der Waals surface area contributed by atoms with Crippen molar-refractivity contribution in [3.05, 3.63) is 37.0 Å². The predicted octanol–water partition coefficient (Wildman–Crippen LogP) is 2.62. The number of rotatable bonds is 6. The maximum atomic E-state index is 5.07. The molecule has 0 aromatic rings. The van der Waals surface area contributed by atoms with E-state index in [1.54, 1.807) is 18.2 Å². The summed E-state index contributed by atoms with van der Waals surface area (Å²) in [7, 11) is -0.719. The first kappa shape index (κ1) is 11.7. The monoisotopic (exact) mass is 182 g/mol. The first-order valence-electron chi connectivity index (χ1n) is 4.15. The summed E-state index contributed by atoms with van der Waals surface area (Å²) in [5, 5.41) is 0. The fraction of sp³-hybridized carbons (Fsp3) is 0.333. The first-order chi connectivity index (χ1) is 6.35. The van der Waals surface area contributed by atoms with E-state index >= 15 is 0 Å². The van der Waals surface area contributed by atoms with Gasteiger partial charge in [0.2, 0.25) is 0 Å². The Labute approximate surface area is 79.9 Å². The van der Waals surface area contributed by atoms with Crippen molar-refractivity contribution < 1.29 is 14.0 Å². The molecule has 0 fully saturated rings. The zero-order chi connectivity index (χ0) is 9.94. The lowest BCUT2D eigenvalue weighted by molar-refractivity contribution is 0.223. The Morgan fingerprint density at radius 2 is 1.00 bits per heavy atom. The van der Waals surface area contributed by atoms with Gasteiger partial charge in [-0.3, -0.25) is 0 Å². The van der Waals surface area contributed by atoms with Crippen molar-refractivity contribution in [3.63, 3.8) is 0 Å². The highest BCUT2D eigenvalue weighted by Gasteiger charge is 2.23. The van der Waals surface area contributed by atoms with Crippen LogP contribution >= 0.6 is 0 Å². The van der Waals surface area contributed by atoms with E-state index in [-0.39, 0.29) is 0 Å². The Bertz CT molecular complexity index is 154. The topological polar surface area (TPSA) is 27.7 Å². The van der Waals surface area contributed by atoms with Gasteiger partial charge in [0.05, 0.1) is 18.8 Å². The molecule has 0 heterocycles. The van der Waals surface area contributed by atoms with E-state index in [2.05, 4.69) is 0 Å². The molecule has 0 aromatic heterocycles. The second-order valence-corrected chi connectivity index (χ2v) is 2.11. The summed E-state index contributed by atoms with van der Waals surface area (Å²) in [6.45, 7) is 5.55. The van der Waals surface area contributed by atoms with Crippen LogP contribution in [0.2, 0.25) is 0 Å². The number of allylic oxidation sites excluding steroid dienone is 3. The number of hydrogen-bond acceptors (Lipinski definition) is 3. The van der Waals surface area contributed by atoms with Crippen LogP contribution in [-0.4, -0.2) is 7.32 Å². The average molecular weight is 182 g/mol. The van der Waals surface area contributed by atoms with Crippen molar-refractivity contribution in [1.82, 2.24) is 0 Å². The quantitative estimate of drug-likeness (QED) is 0.466. The molecule has 0 unspecified atom stereocenters. The molecule has 0 N–H and O–H groups in total. The lowest BCUT2D eigenvalue weighted by Crippen LogP contribution is -2.20. The summed E-state index contributed by atoms with van der Waals surface area (Å²) in [5.41, 5.74) is 0. The smallest absolute Gasteiger partial charge is 0.497 e. The van der Waals surface area contributed by atoms with Gasteiger partial charge in [-0.15, -0.1) is 0 Å². The van der Waals surface area contributed by atoms with Gasteiger partial charge in [0.25, 0.3) is 0 Å². The van der Waals surface area contributed by atoms with Crippen LogP contribution in [0, 0.1) is 0 Å². The molecule has 0 saturated heterocycles. The van der Waals surface area contributed by atoms with E-state index in [1.165, 1.54) is 18.8 Å². The van der Waals surface area contributed by atoms with E-state index < -0.39 is 7.32 Å². The fourth-order valence-electron chi connectivity index (χ4n) is 0.524. The third-order valence-electron chi connectivity index (χ3n) is 0.977. The van der Waals surface area contributed by atoms with Crippen molar-refractivity contribution in [2.24, 2.45) is 0 Å². The first-order valence-corrected chi connectivity index (χ1v) is 4.15. The molecule has 0 aliphatic heterocycles. The number of hydrogen-bond donors (Lipinski definition) is 0. The third-order valence-corrected chi connectivity index (χ3v) is 0.977. The van der Waals surface area contributed by atoms with Crippen molar-refractivity contribution in [1.29, 1.82) is 0 Å². The van der Waals surface area contributed by atoms with Crippen LogP contribution in [0.4, 0.5) is 0 Å². The Morgan fingerprint density at radius 3 is 1.23 bits per heavy atom. The van der Waals surface area contributed by atoms with Gasteiger partial charge in [-0.05, 0) is 20.8 Å². The van der Waals surface area contributed by atoms with Crippen molar-refractivity contribution >= 4 is 7.32 Å². The Morgan fingerprint density at radius 1 is 0.692 bits per heavy atom. The Kier molecular flexibility index (Phi) is 7.89. The molecule has 0 spiro atoms. The molecule has 3 nitrogen and oxygen atoms in total. The van der Waals surface area contributed by atoms with Crippen molar-refractivity contribution in [3.8, 4) is 0 Å². The molecule has 0 amide bonds. The largest absolute Gasteiger partial charge is 0.862 e. The fourth-order valence-corrected chi connectivity index (χ4v) is 0.524. The summed E-state index contributed by atoms with van der Waals surface area (Å²) in [4.78, 5) is 0. The second-order valence-electron chi connectivity index (χ2n) is 2.11. The van der Waals surface area contributed by atoms with Crippen molar-refractivity contribution in [2.45, 2.75) is 20.8 Å². The van der Waals surface area contributed by atoms with Gasteiger partial charge in [-0.1, -0.05) is 18.2 Å². The molecule has 0 aliphatic carbocycles. The molecule has 0 atom stereocenters. The van der Waals surface area contributed by atoms with Crippen LogP contribution in [0.15, 0.2) is 37.0 Å². The van der Waals surface area contributed by atoms with Crippen LogP contribution in [0.3, 0.4) is 0 Å². The minimum absolute atomic E-state index is 0.719. The summed E-state index contributed by atoms with van der Waals surface area (Å²) in [6, 6.07) is 0. The molecule has 0 bridgehead atoms. The highest BCUT2D eigenvalue weighted by molar-refractivity contribution is 6.37. The van der Waals surface area contributed by atoms with E-state index in [4.69, 9.17) is 14.0 Å². The zero-order valence-electron chi connectivity index (χ0n) is 8.27. The Balaban J connectivity index is 3.86.